The number of carbonyl (C=O) groups excluding carboxylic acids is 1. The third kappa shape index (κ3) is 4.11. The molecule has 1 rings (SSSR count). The zero-order valence-electron chi connectivity index (χ0n) is 10.3. The van der Waals surface area contributed by atoms with Crippen LogP contribution in [0.2, 0.25) is 0 Å². The van der Waals surface area contributed by atoms with E-state index in [1.54, 1.807) is 0 Å². The first-order valence-corrected chi connectivity index (χ1v) is 7.28. The van der Waals surface area contributed by atoms with Crippen LogP contribution < -0.4 is 0 Å². The summed E-state index contributed by atoms with van der Waals surface area (Å²) in [5, 5.41) is 0. The Morgan fingerprint density at radius 3 is 2.47 bits per heavy atom. The van der Waals surface area contributed by atoms with Crippen molar-refractivity contribution in [2.45, 2.75) is 20.8 Å². The zero-order valence-corrected chi connectivity index (χ0v) is 13.5. The van der Waals surface area contributed by atoms with Gasteiger partial charge in [-0.25, -0.2) is 0 Å². The SMILES string of the molecule is CCN(CC(C)C)C(=O)c1ccc(Br)cc1Br. The first-order chi connectivity index (χ1) is 7.95. The van der Waals surface area contributed by atoms with Crippen molar-refractivity contribution in [1.82, 2.24) is 4.90 Å². The van der Waals surface area contributed by atoms with Crippen molar-refractivity contribution in [3.8, 4) is 0 Å². The highest BCUT2D eigenvalue weighted by atomic mass is 79.9. The van der Waals surface area contributed by atoms with E-state index in [9.17, 15) is 4.79 Å². The monoisotopic (exact) mass is 361 g/mol. The number of carbonyl (C=O) groups is 1. The molecule has 94 valence electrons. The van der Waals surface area contributed by atoms with Gasteiger partial charge in [0.25, 0.3) is 5.91 Å². The molecule has 0 atom stereocenters. The van der Waals surface area contributed by atoms with Crippen molar-refractivity contribution in [3.63, 3.8) is 0 Å². The minimum absolute atomic E-state index is 0.0839. The van der Waals surface area contributed by atoms with Crippen molar-refractivity contribution >= 4 is 37.8 Å². The molecular formula is C13H17Br2NO. The molecule has 0 spiro atoms. The molecule has 0 radical (unpaired) electrons. The molecule has 0 N–H and O–H groups in total. The van der Waals surface area contributed by atoms with Crippen LogP contribution in [0.4, 0.5) is 0 Å². The highest BCUT2D eigenvalue weighted by molar-refractivity contribution is 9.11. The molecule has 1 amide bonds. The van der Waals surface area contributed by atoms with Gasteiger partial charge in [0, 0.05) is 22.0 Å². The highest BCUT2D eigenvalue weighted by Gasteiger charge is 2.17. The van der Waals surface area contributed by atoms with Crippen LogP contribution in [0.15, 0.2) is 27.1 Å². The molecule has 1 aromatic carbocycles. The summed E-state index contributed by atoms with van der Waals surface area (Å²) in [5.41, 5.74) is 0.718. The van der Waals surface area contributed by atoms with Gasteiger partial charge in [0.2, 0.25) is 0 Å². The van der Waals surface area contributed by atoms with E-state index in [-0.39, 0.29) is 5.91 Å². The molecule has 0 unspecified atom stereocenters. The third-order valence-electron chi connectivity index (χ3n) is 2.42. The maximum atomic E-state index is 12.3. The predicted molar refractivity (Wildman–Crippen MR) is 78.3 cm³/mol. The maximum Gasteiger partial charge on any atom is 0.254 e. The minimum atomic E-state index is 0.0839. The Morgan fingerprint density at radius 1 is 1.35 bits per heavy atom. The van der Waals surface area contributed by atoms with Gasteiger partial charge in [-0.05, 0) is 47.0 Å². The highest BCUT2D eigenvalue weighted by Crippen LogP contribution is 2.23. The van der Waals surface area contributed by atoms with Gasteiger partial charge in [-0.3, -0.25) is 4.79 Å². The van der Waals surface area contributed by atoms with Crippen molar-refractivity contribution in [2.24, 2.45) is 5.92 Å². The molecule has 0 saturated carbocycles. The second kappa shape index (κ2) is 6.55. The second-order valence-electron chi connectivity index (χ2n) is 4.36. The van der Waals surface area contributed by atoms with Crippen LogP contribution >= 0.6 is 31.9 Å². The lowest BCUT2D eigenvalue weighted by Gasteiger charge is -2.23. The standard InChI is InChI=1S/C13H17Br2NO/c1-4-16(8-9(2)3)13(17)11-6-5-10(14)7-12(11)15/h5-7,9H,4,8H2,1-3H3. The van der Waals surface area contributed by atoms with Crippen molar-refractivity contribution in [2.75, 3.05) is 13.1 Å². The number of nitrogens with zero attached hydrogens (tertiary/aromatic N) is 1. The second-order valence-corrected chi connectivity index (χ2v) is 6.13. The van der Waals surface area contributed by atoms with Crippen LogP contribution in [0.1, 0.15) is 31.1 Å². The number of amides is 1. The fraction of sp³-hybridized carbons (Fsp3) is 0.462. The lowest BCUT2D eigenvalue weighted by molar-refractivity contribution is 0.0745. The molecule has 0 fully saturated rings. The van der Waals surface area contributed by atoms with Crippen LogP contribution in [-0.4, -0.2) is 23.9 Å². The van der Waals surface area contributed by atoms with E-state index in [4.69, 9.17) is 0 Å². The van der Waals surface area contributed by atoms with Gasteiger partial charge >= 0.3 is 0 Å². The Hall–Kier alpha value is -0.350. The normalized spacial score (nSPS) is 10.7. The number of rotatable bonds is 4. The van der Waals surface area contributed by atoms with Crippen molar-refractivity contribution < 1.29 is 4.79 Å². The van der Waals surface area contributed by atoms with Crippen LogP contribution in [0, 0.1) is 5.92 Å². The van der Waals surface area contributed by atoms with Gasteiger partial charge in [-0.2, -0.15) is 0 Å². The summed E-state index contributed by atoms with van der Waals surface area (Å²) in [6, 6.07) is 5.64. The molecule has 0 heterocycles. The Balaban J connectivity index is 2.93. The zero-order chi connectivity index (χ0) is 13.0. The topological polar surface area (TPSA) is 20.3 Å². The molecule has 0 aliphatic rings. The molecule has 0 aliphatic heterocycles. The van der Waals surface area contributed by atoms with Crippen molar-refractivity contribution in [3.05, 3.63) is 32.7 Å². The molecular weight excluding hydrogens is 346 g/mol. The lowest BCUT2D eigenvalue weighted by atomic mass is 10.1. The van der Waals surface area contributed by atoms with E-state index < -0.39 is 0 Å². The molecule has 17 heavy (non-hydrogen) atoms. The Morgan fingerprint density at radius 2 is 2.00 bits per heavy atom. The van der Waals surface area contributed by atoms with E-state index in [2.05, 4.69) is 45.7 Å². The fourth-order valence-corrected chi connectivity index (χ4v) is 2.85. The molecule has 0 bridgehead atoms. The number of hydrogen-bond acceptors (Lipinski definition) is 1. The summed E-state index contributed by atoms with van der Waals surface area (Å²) in [7, 11) is 0. The van der Waals surface area contributed by atoms with E-state index >= 15 is 0 Å². The molecule has 4 heteroatoms. The summed E-state index contributed by atoms with van der Waals surface area (Å²) in [4.78, 5) is 14.2. The largest absolute Gasteiger partial charge is 0.339 e. The first kappa shape index (κ1) is 14.7. The quantitative estimate of drug-likeness (QED) is 0.780. The van der Waals surface area contributed by atoms with Crippen LogP contribution in [0.3, 0.4) is 0 Å². The molecule has 2 nitrogen and oxygen atoms in total. The van der Waals surface area contributed by atoms with Gasteiger partial charge in [-0.15, -0.1) is 0 Å². The van der Waals surface area contributed by atoms with Gasteiger partial charge in [0.05, 0.1) is 5.56 Å². The summed E-state index contributed by atoms with van der Waals surface area (Å²) < 4.78 is 1.80. The van der Waals surface area contributed by atoms with Crippen LogP contribution in [0.25, 0.3) is 0 Å². The number of benzene rings is 1. The van der Waals surface area contributed by atoms with Crippen molar-refractivity contribution in [1.29, 1.82) is 0 Å². The lowest BCUT2D eigenvalue weighted by Crippen LogP contribution is -2.34. The summed E-state index contributed by atoms with van der Waals surface area (Å²) in [6.07, 6.45) is 0. The number of halogens is 2. The Kier molecular flexibility index (Phi) is 5.67. The van der Waals surface area contributed by atoms with E-state index in [1.807, 2.05) is 30.0 Å². The van der Waals surface area contributed by atoms with E-state index in [1.165, 1.54) is 0 Å². The average molecular weight is 363 g/mol. The Labute approximate surface area is 120 Å². The maximum absolute atomic E-state index is 12.3. The fourth-order valence-electron chi connectivity index (χ4n) is 1.63. The van der Waals surface area contributed by atoms with Gasteiger partial charge < -0.3 is 4.90 Å². The number of hydrogen-bond donors (Lipinski definition) is 0. The smallest absolute Gasteiger partial charge is 0.254 e. The molecule has 0 saturated heterocycles. The molecule has 0 aliphatic carbocycles. The third-order valence-corrected chi connectivity index (χ3v) is 3.57. The average Bonchev–Trinajstić information content (AvgIpc) is 2.24. The molecule has 1 aromatic rings. The summed E-state index contributed by atoms with van der Waals surface area (Å²) in [5.74, 6) is 0.564. The molecule has 0 aromatic heterocycles. The Bertz CT molecular complexity index is 404. The van der Waals surface area contributed by atoms with Gasteiger partial charge in [0.15, 0.2) is 0 Å². The predicted octanol–water partition coefficient (Wildman–Crippen LogP) is 4.33. The summed E-state index contributed by atoms with van der Waals surface area (Å²) in [6.45, 7) is 7.77. The van der Waals surface area contributed by atoms with Gasteiger partial charge in [-0.1, -0.05) is 29.8 Å². The first-order valence-electron chi connectivity index (χ1n) is 5.70. The van der Waals surface area contributed by atoms with Gasteiger partial charge in [0.1, 0.15) is 0 Å². The minimum Gasteiger partial charge on any atom is -0.339 e. The van der Waals surface area contributed by atoms with E-state index in [0.717, 1.165) is 27.6 Å². The van der Waals surface area contributed by atoms with E-state index in [0.29, 0.717) is 5.92 Å². The van der Waals surface area contributed by atoms with Crippen LogP contribution in [-0.2, 0) is 0 Å². The summed E-state index contributed by atoms with van der Waals surface area (Å²) >= 11 is 6.82. The van der Waals surface area contributed by atoms with Crippen LogP contribution in [0.5, 0.6) is 0 Å².